The average Bonchev–Trinajstić information content (AvgIpc) is 3.54. The van der Waals surface area contributed by atoms with Crippen LogP contribution in [0.15, 0.2) is 23.1 Å². The molecule has 7 heteroatoms. The maximum Gasteiger partial charge on any atom is 0.243 e. The summed E-state index contributed by atoms with van der Waals surface area (Å²) in [7, 11) is -3.50. The first-order chi connectivity index (χ1) is 13.9. The standard InChI is InChI=1S/C22H32N2O4S/c1-16-3-6-21(17(2)15-16)29(26,27)23-11-7-19(8-12-23)24(22(25)18-4-5-18)20-9-13-28-14-10-20/h3,6,15,18-20H,4-5,7-14H2,1-2H3. The average molecular weight is 421 g/mol. The number of carbonyl (C=O) groups excluding carboxylic acids is 1. The van der Waals surface area contributed by atoms with E-state index in [1.165, 1.54) is 0 Å². The van der Waals surface area contributed by atoms with E-state index in [0.29, 0.717) is 44.0 Å². The summed E-state index contributed by atoms with van der Waals surface area (Å²) in [6.07, 6.45) is 5.19. The summed E-state index contributed by atoms with van der Waals surface area (Å²) in [4.78, 5) is 15.6. The topological polar surface area (TPSA) is 66.9 Å². The lowest BCUT2D eigenvalue weighted by Gasteiger charge is -2.43. The fourth-order valence-corrected chi connectivity index (χ4v) is 6.43. The lowest BCUT2D eigenvalue weighted by molar-refractivity contribution is -0.141. The predicted octanol–water partition coefficient (Wildman–Crippen LogP) is 2.87. The van der Waals surface area contributed by atoms with Crippen LogP contribution >= 0.6 is 0 Å². The molecule has 1 aliphatic carbocycles. The van der Waals surface area contributed by atoms with E-state index in [9.17, 15) is 13.2 Å². The second kappa shape index (κ2) is 8.36. The highest BCUT2D eigenvalue weighted by Crippen LogP contribution is 2.36. The van der Waals surface area contributed by atoms with Crippen molar-refractivity contribution in [1.29, 1.82) is 0 Å². The van der Waals surface area contributed by atoms with Crippen LogP contribution in [0.5, 0.6) is 0 Å². The van der Waals surface area contributed by atoms with Gasteiger partial charge < -0.3 is 9.64 Å². The van der Waals surface area contributed by atoms with Crippen LogP contribution in [0, 0.1) is 19.8 Å². The zero-order valence-electron chi connectivity index (χ0n) is 17.5. The van der Waals surface area contributed by atoms with Crippen LogP contribution in [0.25, 0.3) is 0 Å². The van der Waals surface area contributed by atoms with Gasteiger partial charge in [0.1, 0.15) is 0 Å². The molecule has 3 aliphatic rings. The largest absolute Gasteiger partial charge is 0.381 e. The van der Waals surface area contributed by atoms with Gasteiger partial charge in [-0.3, -0.25) is 4.79 Å². The highest BCUT2D eigenvalue weighted by Gasteiger charge is 2.42. The molecule has 1 amide bonds. The van der Waals surface area contributed by atoms with Gasteiger partial charge in [-0.15, -0.1) is 0 Å². The molecule has 160 valence electrons. The van der Waals surface area contributed by atoms with Gasteiger partial charge in [0, 0.05) is 44.3 Å². The Morgan fingerprint density at radius 2 is 1.62 bits per heavy atom. The van der Waals surface area contributed by atoms with E-state index in [0.717, 1.165) is 36.8 Å². The molecule has 6 nitrogen and oxygen atoms in total. The minimum Gasteiger partial charge on any atom is -0.381 e. The number of nitrogens with zero attached hydrogens (tertiary/aromatic N) is 2. The quantitative estimate of drug-likeness (QED) is 0.735. The normalized spacial score (nSPS) is 22.6. The molecule has 3 fully saturated rings. The van der Waals surface area contributed by atoms with Crippen LogP contribution in [0.3, 0.4) is 0 Å². The second-order valence-electron chi connectivity index (χ2n) is 8.77. The number of aryl methyl sites for hydroxylation is 2. The molecule has 2 heterocycles. The molecule has 2 aliphatic heterocycles. The van der Waals surface area contributed by atoms with E-state index in [4.69, 9.17) is 4.74 Å². The van der Waals surface area contributed by atoms with Gasteiger partial charge in [-0.1, -0.05) is 17.7 Å². The third-order valence-electron chi connectivity index (χ3n) is 6.53. The molecule has 0 radical (unpaired) electrons. The van der Waals surface area contributed by atoms with Gasteiger partial charge >= 0.3 is 0 Å². The Kier molecular flexibility index (Phi) is 6.00. The molecule has 0 N–H and O–H groups in total. The molecule has 1 saturated carbocycles. The van der Waals surface area contributed by atoms with E-state index in [1.807, 2.05) is 26.0 Å². The van der Waals surface area contributed by atoms with Crippen molar-refractivity contribution in [3.05, 3.63) is 29.3 Å². The number of sulfonamides is 1. The maximum absolute atomic E-state index is 13.2. The molecule has 2 saturated heterocycles. The summed E-state index contributed by atoms with van der Waals surface area (Å²) in [6, 6.07) is 5.87. The molecule has 0 atom stereocenters. The number of hydrogen-bond donors (Lipinski definition) is 0. The lowest BCUT2D eigenvalue weighted by atomic mass is 9.98. The number of carbonyl (C=O) groups is 1. The van der Waals surface area contributed by atoms with E-state index in [1.54, 1.807) is 10.4 Å². The van der Waals surface area contributed by atoms with Crippen molar-refractivity contribution in [3.63, 3.8) is 0 Å². The first kappa shape index (κ1) is 20.8. The summed E-state index contributed by atoms with van der Waals surface area (Å²) in [5.41, 5.74) is 1.85. The zero-order chi connectivity index (χ0) is 20.6. The number of piperidine rings is 1. The smallest absolute Gasteiger partial charge is 0.243 e. The first-order valence-electron chi connectivity index (χ1n) is 10.9. The Hall–Kier alpha value is -1.44. The molecule has 0 unspecified atom stereocenters. The van der Waals surface area contributed by atoms with Gasteiger partial charge in [-0.05, 0) is 64.0 Å². The number of benzene rings is 1. The predicted molar refractivity (Wildman–Crippen MR) is 111 cm³/mol. The van der Waals surface area contributed by atoms with Crippen molar-refractivity contribution in [2.24, 2.45) is 5.92 Å². The van der Waals surface area contributed by atoms with Gasteiger partial charge in [0.25, 0.3) is 0 Å². The number of amides is 1. The number of ether oxygens (including phenoxy) is 1. The first-order valence-corrected chi connectivity index (χ1v) is 12.3. The van der Waals surface area contributed by atoms with Gasteiger partial charge in [-0.2, -0.15) is 4.31 Å². The number of hydrogen-bond acceptors (Lipinski definition) is 4. The highest BCUT2D eigenvalue weighted by molar-refractivity contribution is 7.89. The Labute approximate surface area is 174 Å². The van der Waals surface area contributed by atoms with Crippen molar-refractivity contribution < 1.29 is 17.9 Å². The Bertz CT molecular complexity index is 852. The zero-order valence-corrected chi connectivity index (χ0v) is 18.3. The molecule has 0 spiro atoms. The summed E-state index contributed by atoms with van der Waals surface area (Å²) in [5, 5.41) is 0. The third-order valence-corrected chi connectivity index (χ3v) is 8.59. The summed E-state index contributed by atoms with van der Waals surface area (Å²) in [6.45, 7) is 6.18. The second-order valence-corrected chi connectivity index (χ2v) is 10.7. The molecule has 0 aromatic heterocycles. The fourth-order valence-electron chi connectivity index (χ4n) is 4.75. The van der Waals surface area contributed by atoms with E-state index < -0.39 is 10.0 Å². The summed E-state index contributed by atoms with van der Waals surface area (Å²) in [5.74, 6) is 0.474. The third kappa shape index (κ3) is 4.37. The van der Waals surface area contributed by atoms with Crippen molar-refractivity contribution in [2.75, 3.05) is 26.3 Å². The maximum atomic E-state index is 13.2. The Morgan fingerprint density at radius 3 is 2.21 bits per heavy atom. The minimum atomic E-state index is -3.50. The monoisotopic (exact) mass is 420 g/mol. The Balaban J connectivity index is 1.47. The van der Waals surface area contributed by atoms with Crippen molar-refractivity contribution in [3.8, 4) is 0 Å². The SMILES string of the molecule is Cc1ccc(S(=O)(=O)N2CCC(N(C(=O)C3CC3)C3CCOCC3)CC2)c(C)c1. The van der Waals surface area contributed by atoms with Crippen LogP contribution in [-0.4, -0.2) is 61.9 Å². The van der Waals surface area contributed by atoms with Gasteiger partial charge in [0.05, 0.1) is 4.90 Å². The van der Waals surface area contributed by atoms with Crippen LogP contribution in [0.4, 0.5) is 0 Å². The van der Waals surface area contributed by atoms with Crippen molar-refractivity contribution >= 4 is 15.9 Å². The fraction of sp³-hybridized carbons (Fsp3) is 0.682. The summed E-state index contributed by atoms with van der Waals surface area (Å²) >= 11 is 0. The van der Waals surface area contributed by atoms with Crippen molar-refractivity contribution in [1.82, 2.24) is 9.21 Å². The van der Waals surface area contributed by atoms with Gasteiger partial charge in [0.2, 0.25) is 15.9 Å². The van der Waals surface area contributed by atoms with Crippen LogP contribution < -0.4 is 0 Å². The van der Waals surface area contributed by atoms with Gasteiger partial charge in [0.15, 0.2) is 0 Å². The van der Waals surface area contributed by atoms with Crippen LogP contribution in [-0.2, 0) is 19.6 Å². The summed E-state index contributed by atoms with van der Waals surface area (Å²) < 4.78 is 33.5. The minimum absolute atomic E-state index is 0.136. The van der Waals surface area contributed by atoms with Crippen LogP contribution in [0.2, 0.25) is 0 Å². The molecule has 4 rings (SSSR count). The lowest BCUT2D eigenvalue weighted by Crippen LogP contribution is -2.54. The van der Waals surface area contributed by atoms with Gasteiger partial charge in [-0.25, -0.2) is 8.42 Å². The molecular formula is C22H32N2O4S. The molecule has 29 heavy (non-hydrogen) atoms. The van der Waals surface area contributed by atoms with Crippen molar-refractivity contribution in [2.45, 2.75) is 69.4 Å². The van der Waals surface area contributed by atoms with E-state index in [2.05, 4.69) is 4.90 Å². The molecular weight excluding hydrogens is 388 g/mol. The molecule has 1 aromatic rings. The molecule has 0 bridgehead atoms. The highest BCUT2D eigenvalue weighted by atomic mass is 32.2. The van der Waals surface area contributed by atoms with E-state index >= 15 is 0 Å². The number of rotatable bonds is 5. The van der Waals surface area contributed by atoms with Crippen LogP contribution in [0.1, 0.15) is 49.7 Å². The Morgan fingerprint density at radius 1 is 1.00 bits per heavy atom. The molecule has 1 aromatic carbocycles. The van der Waals surface area contributed by atoms with E-state index in [-0.39, 0.29) is 23.9 Å².